The van der Waals surface area contributed by atoms with Crippen molar-refractivity contribution in [2.75, 3.05) is 5.32 Å². The third-order valence-electron chi connectivity index (χ3n) is 3.63. The average Bonchev–Trinajstić information content (AvgIpc) is 3.10. The summed E-state index contributed by atoms with van der Waals surface area (Å²) < 4.78 is 13.0. The SMILES string of the molecule is Cc1ccc(C[C@@H](C(=O)Nc2ccc(F)cc2)c2nnn[n-]2)cc1. The summed E-state index contributed by atoms with van der Waals surface area (Å²) in [5.74, 6) is -1.03. The van der Waals surface area contributed by atoms with Crippen LogP contribution in [0.4, 0.5) is 10.1 Å². The van der Waals surface area contributed by atoms with Gasteiger partial charge in [-0.05, 0) is 43.2 Å². The highest BCUT2D eigenvalue weighted by Gasteiger charge is 2.21. The lowest BCUT2D eigenvalue weighted by atomic mass is 9.97. The summed E-state index contributed by atoms with van der Waals surface area (Å²) in [6.45, 7) is 2.00. The van der Waals surface area contributed by atoms with Gasteiger partial charge in [-0.1, -0.05) is 29.8 Å². The maximum absolute atomic E-state index is 13.0. The molecular weight excluding hydrogens is 309 g/mol. The number of anilines is 1. The van der Waals surface area contributed by atoms with Gasteiger partial charge in [0.1, 0.15) is 5.82 Å². The first-order valence-corrected chi connectivity index (χ1v) is 7.42. The van der Waals surface area contributed by atoms with Crippen molar-refractivity contribution < 1.29 is 9.18 Å². The van der Waals surface area contributed by atoms with Crippen LogP contribution in [0.3, 0.4) is 0 Å². The lowest BCUT2D eigenvalue weighted by molar-refractivity contribution is -0.117. The minimum atomic E-state index is -0.632. The fraction of sp³-hybridized carbons (Fsp3) is 0.176. The Labute approximate surface area is 138 Å². The summed E-state index contributed by atoms with van der Waals surface area (Å²) in [5, 5.41) is 17.3. The minimum absolute atomic E-state index is 0.259. The monoisotopic (exact) mass is 324 g/mol. The molecule has 0 unspecified atom stereocenters. The van der Waals surface area contributed by atoms with Crippen molar-refractivity contribution in [3.63, 3.8) is 0 Å². The van der Waals surface area contributed by atoms with E-state index in [-0.39, 0.29) is 17.5 Å². The normalized spacial score (nSPS) is 11.9. The number of halogens is 1. The van der Waals surface area contributed by atoms with Crippen LogP contribution in [0.15, 0.2) is 48.5 Å². The molecule has 122 valence electrons. The smallest absolute Gasteiger partial charge is 0.232 e. The maximum Gasteiger partial charge on any atom is 0.232 e. The van der Waals surface area contributed by atoms with Gasteiger partial charge < -0.3 is 10.4 Å². The zero-order valence-corrected chi connectivity index (χ0v) is 13.0. The Balaban J connectivity index is 1.80. The molecular formula is C17H15FN5O-. The molecule has 1 heterocycles. The second kappa shape index (κ2) is 6.99. The predicted molar refractivity (Wildman–Crippen MR) is 85.8 cm³/mol. The van der Waals surface area contributed by atoms with Crippen LogP contribution in [-0.2, 0) is 11.2 Å². The third kappa shape index (κ3) is 3.81. The molecule has 1 amide bonds. The second-order valence-electron chi connectivity index (χ2n) is 5.48. The van der Waals surface area contributed by atoms with Crippen LogP contribution in [0, 0.1) is 12.7 Å². The highest BCUT2D eigenvalue weighted by molar-refractivity contribution is 5.95. The van der Waals surface area contributed by atoms with Crippen molar-refractivity contribution in [2.24, 2.45) is 0 Å². The molecule has 0 saturated carbocycles. The van der Waals surface area contributed by atoms with E-state index in [9.17, 15) is 9.18 Å². The molecule has 1 aromatic heterocycles. The zero-order valence-electron chi connectivity index (χ0n) is 13.0. The lowest BCUT2D eigenvalue weighted by Gasteiger charge is -2.17. The number of aromatic nitrogens is 4. The number of tetrazole rings is 1. The predicted octanol–water partition coefficient (Wildman–Crippen LogP) is 2.24. The molecule has 24 heavy (non-hydrogen) atoms. The molecule has 0 fully saturated rings. The van der Waals surface area contributed by atoms with Gasteiger partial charge in [0.05, 0.1) is 5.92 Å². The number of benzene rings is 2. The van der Waals surface area contributed by atoms with Crippen molar-refractivity contribution >= 4 is 11.6 Å². The van der Waals surface area contributed by atoms with Gasteiger partial charge in [-0.2, -0.15) is 5.21 Å². The highest BCUT2D eigenvalue weighted by atomic mass is 19.1. The Morgan fingerprint density at radius 2 is 1.88 bits per heavy atom. The van der Waals surface area contributed by atoms with Gasteiger partial charge in [-0.3, -0.25) is 15.1 Å². The molecule has 0 aliphatic rings. The Kier molecular flexibility index (Phi) is 4.60. The summed E-state index contributed by atoms with van der Waals surface area (Å²) in [4.78, 5) is 12.6. The van der Waals surface area contributed by atoms with Gasteiger partial charge in [0.15, 0.2) is 0 Å². The summed E-state index contributed by atoms with van der Waals surface area (Å²) in [5.41, 5.74) is 2.62. The fourth-order valence-electron chi connectivity index (χ4n) is 2.31. The van der Waals surface area contributed by atoms with Crippen molar-refractivity contribution in [1.82, 2.24) is 20.6 Å². The van der Waals surface area contributed by atoms with Crippen LogP contribution in [0.25, 0.3) is 0 Å². The van der Waals surface area contributed by atoms with Gasteiger partial charge in [-0.25, -0.2) is 4.39 Å². The molecule has 0 bridgehead atoms. The first-order chi connectivity index (χ1) is 11.6. The Bertz CT molecular complexity index is 800. The van der Waals surface area contributed by atoms with Crippen LogP contribution in [0.5, 0.6) is 0 Å². The van der Waals surface area contributed by atoms with E-state index in [0.717, 1.165) is 11.1 Å². The second-order valence-corrected chi connectivity index (χ2v) is 5.48. The molecule has 1 N–H and O–H groups in total. The number of aryl methyl sites for hydroxylation is 1. The molecule has 0 spiro atoms. The van der Waals surface area contributed by atoms with Gasteiger partial charge in [0.25, 0.3) is 0 Å². The molecule has 0 aliphatic heterocycles. The number of rotatable bonds is 5. The summed E-state index contributed by atoms with van der Waals surface area (Å²) in [7, 11) is 0. The van der Waals surface area contributed by atoms with E-state index in [1.807, 2.05) is 31.2 Å². The number of amides is 1. The van der Waals surface area contributed by atoms with Gasteiger partial charge in [0.2, 0.25) is 5.91 Å². The molecule has 0 saturated heterocycles. The number of carbonyl (C=O) groups excluding carboxylic acids is 1. The van der Waals surface area contributed by atoms with Crippen LogP contribution >= 0.6 is 0 Å². The maximum atomic E-state index is 13.0. The molecule has 6 nitrogen and oxygen atoms in total. The summed E-state index contributed by atoms with van der Waals surface area (Å²) in [6.07, 6.45) is 0.417. The summed E-state index contributed by atoms with van der Waals surface area (Å²) in [6, 6.07) is 13.4. The van der Waals surface area contributed by atoms with E-state index < -0.39 is 5.92 Å². The third-order valence-corrected chi connectivity index (χ3v) is 3.63. The van der Waals surface area contributed by atoms with E-state index in [1.165, 1.54) is 24.3 Å². The minimum Gasteiger partial charge on any atom is -0.335 e. The van der Waals surface area contributed by atoms with E-state index in [1.54, 1.807) is 0 Å². The molecule has 3 aromatic rings. The number of hydrogen-bond acceptors (Lipinski definition) is 4. The molecule has 1 atom stereocenters. The molecule has 7 heteroatoms. The van der Waals surface area contributed by atoms with Crippen LogP contribution in [0.2, 0.25) is 0 Å². The number of nitrogens with zero attached hydrogens (tertiary/aromatic N) is 4. The Morgan fingerprint density at radius 1 is 1.17 bits per heavy atom. The van der Waals surface area contributed by atoms with Gasteiger partial charge in [0, 0.05) is 11.5 Å². The number of nitrogens with one attached hydrogen (secondary N) is 1. The van der Waals surface area contributed by atoms with Crippen LogP contribution in [0.1, 0.15) is 22.9 Å². The van der Waals surface area contributed by atoms with E-state index in [0.29, 0.717) is 12.1 Å². The van der Waals surface area contributed by atoms with E-state index >= 15 is 0 Å². The topological polar surface area (TPSA) is 81.9 Å². The highest BCUT2D eigenvalue weighted by Crippen LogP contribution is 2.20. The Morgan fingerprint density at radius 3 is 2.50 bits per heavy atom. The quantitative estimate of drug-likeness (QED) is 0.778. The standard InChI is InChI=1S/C17H16FN5O/c1-11-2-4-12(5-3-11)10-15(16-20-22-23-21-16)17(24)19-14-8-6-13(18)7-9-14/h2-9,15H,10H2,1H3,(H2,19,20,21,22,23,24)/p-1/t15-/m1/s1. The molecule has 0 radical (unpaired) electrons. The van der Waals surface area contributed by atoms with Crippen molar-refractivity contribution in [2.45, 2.75) is 19.3 Å². The molecule has 0 aliphatic carbocycles. The first kappa shape index (κ1) is 15.8. The Hall–Kier alpha value is -3.09. The number of hydrogen-bond donors (Lipinski definition) is 1. The zero-order chi connectivity index (χ0) is 16.9. The van der Waals surface area contributed by atoms with Gasteiger partial charge in [-0.15, -0.1) is 0 Å². The van der Waals surface area contributed by atoms with Crippen LogP contribution < -0.4 is 10.4 Å². The molecule has 2 aromatic carbocycles. The van der Waals surface area contributed by atoms with Crippen LogP contribution in [-0.4, -0.2) is 21.4 Å². The number of carbonyl (C=O) groups is 1. The average molecular weight is 324 g/mol. The first-order valence-electron chi connectivity index (χ1n) is 7.42. The van der Waals surface area contributed by atoms with Gasteiger partial charge >= 0.3 is 0 Å². The largest absolute Gasteiger partial charge is 0.335 e. The molecule has 3 rings (SSSR count). The van der Waals surface area contributed by atoms with E-state index in [4.69, 9.17) is 0 Å². The van der Waals surface area contributed by atoms with Crippen molar-refractivity contribution in [1.29, 1.82) is 0 Å². The fourth-order valence-corrected chi connectivity index (χ4v) is 2.31. The van der Waals surface area contributed by atoms with Crippen molar-refractivity contribution in [3.8, 4) is 0 Å². The lowest BCUT2D eigenvalue weighted by Crippen LogP contribution is -2.24. The van der Waals surface area contributed by atoms with E-state index in [2.05, 4.69) is 25.9 Å². The summed E-state index contributed by atoms with van der Waals surface area (Å²) >= 11 is 0. The van der Waals surface area contributed by atoms with Crippen molar-refractivity contribution in [3.05, 3.63) is 71.3 Å².